The van der Waals surface area contributed by atoms with Gasteiger partial charge in [-0.25, -0.2) is 8.42 Å². The van der Waals surface area contributed by atoms with Crippen molar-refractivity contribution in [1.29, 1.82) is 5.26 Å². The zero-order chi connectivity index (χ0) is 18.3. The minimum absolute atomic E-state index is 0.286. The number of rotatable bonds is 6. The summed E-state index contributed by atoms with van der Waals surface area (Å²) in [6.45, 7) is 0. The first-order valence-electron chi connectivity index (χ1n) is 7.38. The molecule has 0 atom stereocenters. The summed E-state index contributed by atoms with van der Waals surface area (Å²) >= 11 is 0. The van der Waals surface area contributed by atoms with E-state index in [0.29, 0.717) is 17.8 Å². The first-order chi connectivity index (χ1) is 11.9. The highest BCUT2D eigenvalue weighted by Gasteiger charge is 2.01. The van der Waals surface area contributed by atoms with E-state index in [4.69, 9.17) is 5.26 Å². The van der Waals surface area contributed by atoms with Crippen molar-refractivity contribution in [1.82, 2.24) is 0 Å². The van der Waals surface area contributed by atoms with Gasteiger partial charge < -0.3 is 5.32 Å². The van der Waals surface area contributed by atoms with Gasteiger partial charge in [-0.2, -0.15) is 5.26 Å². The SMILES string of the molecule is CS(=O)(=O)Nc1ccc(/C=C/C(=O)Nc2ccc(CC#N)cc2)cc1. The van der Waals surface area contributed by atoms with Crippen LogP contribution in [0.4, 0.5) is 11.4 Å². The number of hydrogen-bond donors (Lipinski definition) is 2. The number of nitrogens with one attached hydrogen (secondary N) is 2. The molecule has 0 aliphatic rings. The topological polar surface area (TPSA) is 99.1 Å². The molecule has 6 nitrogen and oxygen atoms in total. The molecule has 0 aliphatic carbocycles. The normalized spacial score (nSPS) is 11.0. The third kappa shape index (κ3) is 6.49. The predicted octanol–water partition coefficient (Wildman–Crippen LogP) is 2.78. The Morgan fingerprint density at radius 3 is 2.24 bits per heavy atom. The maximum Gasteiger partial charge on any atom is 0.248 e. The van der Waals surface area contributed by atoms with E-state index in [2.05, 4.69) is 16.1 Å². The standard InChI is InChI=1S/C18H17N3O3S/c1-25(23,24)21-17-9-4-14(5-10-17)6-11-18(22)20-16-7-2-15(3-8-16)12-13-19/h2-11,21H,12H2,1H3,(H,20,22)/b11-6+. The highest BCUT2D eigenvalue weighted by molar-refractivity contribution is 7.92. The molecule has 0 aromatic heterocycles. The minimum Gasteiger partial charge on any atom is -0.323 e. The summed E-state index contributed by atoms with van der Waals surface area (Å²) in [7, 11) is -3.31. The Labute approximate surface area is 146 Å². The monoisotopic (exact) mass is 355 g/mol. The van der Waals surface area contributed by atoms with Gasteiger partial charge in [0, 0.05) is 17.5 Å². The van der Waals surface area contributed by atoms with Gasteiger partial charge in [-0.1, -0.05) is 24.3 Å². The van der Waals surface area contributed by atoms with Crippen LogP contribution in [0.3, 0.4) is 0 Å². The average Bonchev–Trinajstić information content (AvgIpc) is 2.55. The fraction of sp³-hybridized carbons (Fsp3) is 0.111. The third-order valence-corrected chi connectivity index (χ3v) is 3.75. The third-order valence-electron chi connectivity index (χ3n) is 3.15. The largest absolute Gasteiger partial charge is 0.323 e. The maximum atomic E-state index is 11.9. The van der Waals surface area contributed by atoms with Gasteiger partial charge in [-0.05, 0) is 41.5 Å². The van der Waals surface area contributed by atoms with E-state index in [1.54, 1.807) is 54.6 Å². The molecule has 2 aromatic carbocycles. The molecule has 0 saturated heterocycles. The number of amides is 1. The van der Waals surface area contributed by atoms with Crippen molar-refractivity contribution < 1.29 is 13.2 Å². The van der Waals surface area contributed by atoms with Crippen molar-refractivity contribution in [3.63, 3.8) is 0 Å². The van der Waals surface area contributed by atoms with Crippen LogP contribution in [0.25, 0.3) is 6.08 Å². The molecule has 0 unspecified atom stereocenters. The predicted molar refractivity (Wildman–Crippen MR) is 98.3 cm³/mol. The molecule has 0 spiro atoms. The molecule has 7 heteroatoms. The van der Waals surface area contributed by atoms with Crippen LogP contribution in [-0.4, -0.2) is 20.6 Å². The lowest BCUT2D eigenvalue weighted by atomic mass is 10.1. The van der Waals surface area contributed by atoms with Crippen LogP contribution >= 0.6 is 0 Å². The van der Waals surface area contributed by atoms with E-state index >= 15 is 0 Å². The molecule has 0 heterocycles. The number of nitriles is 1. The van der Waals surface area contributed by atoms with Gasteiger partial charge in [0.05, 0.1) is 18.7 Å². The Kier molecular flexibility index (Phi) is 5.93. The smallest absolute Gasteiger partial charge is 0.248 e. The van der Waals surface area contributed by atoms with Crippen LogP contribution < -0.4 is 10.0 Å². The molecular formula is C18H17N3O3S. The van der Waals surface area contributed by atoms with Gasteiger partial charge in [0.25, 0.3) is 0 Å². The molecule has 128 valence electrons. The molecule has 0 radical (unpaired) electrons. The Morgan fingerprint density at radius 2 is 1.68 bits per heavy atom. The molecule has 0 fully saturated rings. The number of benzene rings is 2. The van der Waals surface area contributed by atoms with Gasteiger partial charge in [0.2, 0.25) is 15.9 Å². The molecular weight excluding hydrogens is 338 g/mol. The second kappa shape index (κ2) is 8.13. The summed E-state index contributed by atoms with van der Waals surface area (Å²) in [5, 5.41) is 11.3. The Bertz CT molecular complexity index is 910. The Hall–Kier alpha value is -3.11. The summed E-state index contributed by atoms with van der Waals surface area (Å²) in [6.07, 6.45) is 4.43. The zero-order valence-electron chi connectivity index (χ0n) is 13.6. The first-order valence-corrected chi connectivity index (χ1v) is 9.28. The van der Waals surface area contributed by atoms with E-state index < -0.39 is 10.0 Å². The highest BCUT2D eigenvalue weighted by atomic mass is 32.2. The van der Waals surface area contributed by atoms with Crippen LogP contribution in [-0.2, 0) is 21.2 Å². The summed E-state index contributed by atoms with van der Waals surface area (Å²) in [5.74, 6) is -0.286. The van der Waals surface area contributed by atoms with E-state index in [-0.39, 0.29) is 5.91 Å². The van der Waals surface area contributed by atoms with Gasteiger partial charge >= 0.3 is 0 Å². The van der Waals surface area contributed by atoms with Gasteiger partial charge in [-0.3, -0.25) is 9.52 Å². The lowest BCUT2D eigenvalue weighted by Crippen LogP contribution is -2.09. The number of nitrogens with zero attached hydrogens (tertiary/aromatic N) is 1. The minimum atomic E-state index is -3.31. The highest BCUT2D eigenvalue weighted by Crippen LogP contribution is 2.13. The van der Waals surface area contributed by atoms with Crippen LogP contribution in [0, 0.1) is 11.3 Å². The fourth-order valence-electron chi connectivity index (χ4n) is 2.03. The van der Waals surface area contributed by atoms with Gasteiger partial charge in [0.15, 0.2) is 0 Å². The lowest BCUT2D eigenvalue weighted by molar-refractivity contribution is -0.111. The number of carbonyl (C=O) groups excluding carboxylic acids is 1. The number of anilines is 2. The summed E-state index contributed by atoms with van der Waals surface area (Å²) in [4.78, 5) is 11.9. The van der Waals surface area contributed by atoms with Crippen molar-refractivity contribution in [3.8, 4) is 6.07 Å². The molecule has 0 bridgehead atoms. The van der Waals surface area contributed by atoms with Crippen LogP contribution in [0.1, 0.15) is 11.1 Å². The number of hydrogen-bond acceptors (Lipinski definition) is 4. The average molecular weight is 355 g/mol. The van der Waals surface area contributed by atoms with Crippen LogP contribution in [0.15, 0.2) is 54.6 Å². The fourth-order valence-corrected chi connectivity index (χ4v) is 2.59. The summed E-state index contributed by atoms with van der Waals surface area (Å²) in [6, 6.07) is 15.8. The second-order valence-electron chi connectivity index (χ2n) is 5.35. The zero-order valence-corrected chi connectivity index (χ0v) is 14.4. The van der Waals surface area contributed by atoms with Crippen molar-refractivity contribution in [2.24, 2.45) is 0 Å². The van der Waals surface area contributed by atoms with Gasteiger partial charge in [-0.15, -0.1) is 0 Å². The Morgan fingerprint density at radius 1 is 1.08 bits per heavy atom. The molecule has 2 aromatic rings. The van der Waals surface area contributed by atoms with Crippen molar-refractivity contribution in [3.05, 3.63) is 65.7 Å². The van der Waals surface area contributed by atoms with Crippen molar-refractivity contribution >= 4 is 33.4 Å². The van der Waals surface area contributed by atoms with E-state index in [1.807, 2.05) is 0 Å². The molecule has 0 aliphatic heterocycles. The maximum absolute atomic E-state index is 11.9. The number of carbonyl (C=O) groups is 1. The quantitative estimate of drug-likeness (QED) is 0.778. The second-order valence-corrected chi connectivity index (χ2v) is 7.10. The molecule has 25 heavy (non-hydrogen) atoms. The Balaban J connectivity index is 1.94. The lowest BCUT2D eigenvalue weighted by Gasteiger charge is -2.04. The molecule has 1 amide bonds. The summed E-state index contributed by atoms with van der Waals surface area (Å²) < 4.78 is 24.6. The first kappa shape index (κ1) is 18.2. The van der Waals surface area contributed by atoms with Crippen molar-refractivity contribution in [2.45, 2.75) is 6.42 Å². The molecule has 0 saturated carbocycles. The summed E-state index contributed by atoms with van der Waals surface area (Å²) in [5.41, 5.74) is 2.75. The van der Waals surface area contributed by atoms with E-state index in [0.717, 1.165) is 17.4 Å². The van der Waals surface area contributed by atoms with Crippen LogP contribution in [0.5, 0.6) is 0 Å². The van der Waals surface area contributed by atoms with E-state index in [1.165, 1.54) is 6.08 Å². The van der Waals surface area contributed by atoms with E-state index in [9.17, 15) is 13.2 Å². The molecule has 2 rings (SSSR count). The number of sulfonamides is 1. The van der Waals surface area contributed by atoms with Crippen LogP contribution in [0.2, 0.25) is 0 Å². The van der Waals surface area contributed by atoms with Crippen molar-refractivity contribution in [2.75, 3.05) is 16.3 Å². The molecule has 2 N–H and O–H groups in total. The van der Waals surface area contributed by atoms with Gasteiger partial charge in [0.1, 0.15) is 0 Å².